The van der Waals surface area contributed by atoms with Crippen molar-refractivity contribution in [2.75, 3.05) is 4.72 Å². The summed E-state index contributed by atoms with van der Waals surface area (Å²) < 4.78 is 26.0. The summed E-state index contributed by atoms with van der Waals surface area (Å²) in [5.74, 6) is 0. The molecule has 21 heavy (non-hydrogen) atoms. The quantitative estimate of drug-likeness (QED) is 0.661. The van der Waals surface area contributed by atoms with Crippen molar-refractivity contribution in [3.63, 3.8) is 0 Å². The fourth-order valence-electron chi connectivity index (χ4n) is 1.48. The first-order valence-corrected chi connectivity index (χ1v) is 7.67. The molecule has 0 fully saturated rings. The van der Waals surface area contributed by atoms with Crippen molar-refractivity contribution in [3.05, 3.63) is 55.9 Å². The Kier molecular flexibility index (Phi) is 3.86. The van der Waals surface area contributed by atoms with Gasteiger partial charge in [-0.15, -0.1) is 11.3 Å². The summed E-state index contributed by atoms with van der Waals surface area (Å²) in [7, 11) is -3.96. The Hall–Kier alpha value is -2.53. The van der Waals surface area contributed by atoms with Gasteiger partial charge < -0.3 is 0 Å². The van der Waals surface area contributed by atoms with Crippen LogP contribution in [0.2, 0.25) is 0 Å². The third kappa shape index (κ3) is 3.14. The molecule has 0 aliphatic heterocycles. The molecule has 1 aromatic carbocycles. The Labute approximate surface area is 122 Å². The lowest BCUT2D eigenvalue weighted by Gasteiger charge is -2.06. The summed E-state index contributed by atoms with van der Waals surface area (Å²) in [5.41, 5.74) is -1.52. The van der Waals surface area contributed by atoms with E-state index >= 15 is 0 Å². The number of hydrogen-bond donors (Lipinski definition) is 1. The maximum Gasteiger partial charge on any atom is 0.300 e. The summed E-state index contributed by atoms with van der Waals surface area (Å²) in [5, 5.41) is 23.1. The number of nitro benzene ring substituents is 2. The van der Waals surface area contributed by atoms with Gasteiger partial charge in [-0.1, -0.05) is 6.07 Å². The van der Waals surface area contributed by atoms with Gasteiger partial charge in [-0.25, -0.2) is 8.42 Å². The van der Waals surface area contributed by atoms with Crippen LogP contribution in [0.4, 0.5) is 17.1 Å². The molecule has 9 nitrogen and oxygen atoms in total. The molecule has 0 radical (unpaired) electrons. The van der Waals surface area contributed by atoms with E-state index in [1.54, 1.807) is 5.38 Å². The Morgan fingerprint density at radius 2 is 1.81 bits per heavy atom. The monoisotopic (exact) mass is 329 g/mol. The predicted octanol–water partition coefficient (Wildman–Crippen LogP) is 2.37. The van der Waals surface area contributed by atoms with E-state index in [9.17, 15) is 28.6 Å². The van der Waals surface area contributed by atoms with Crippen LogP contribution < -0.4 is 4.72 Å². The summed E-state index contributed by atoms with van der Waals surface area (Å²) in [6.07, 6.45) is 0. The molecule has 0 saturated carbocycles. The molecule has 0 amide bonds. The number of nitro groups is 2. The minimum atomic E-state index is -3.96. The van der Waals surface area contributed by atoms with Gasteiger partial charge in [0.05, 0.1) is 15.9 Å². The third-order valence-corrected chi connectivity index (χ3v) is 5.16. The molecule has 1 N–H and O–H groups in total. The minimum Gasteiger partial charge on any atom is -0.272 e. The van der Waals surface area contributed by atoms with Crippen molar-refractivity contribution in [2.45, 2.75) is 4.21 Å². The van der Waals surface area contributed by atoms with Crippen molar-refractivity contribution in [1.29, 1.82) is 0 Å². The largest absolute Gasteiger partial charge is 0.300 e. The summed E-state index contributed by atoms with van der Waals surface area (Å²) in [6, 6.07) is 5.53. The summed E-state index contributed by atoms with van der Waals surface area (Å²) in [4.78, 5) is 19.8. The molecule has 0 atom stereocenters. The van der Waals surface area contributed by atoms with Crippen molar-refractivity contribution >= 4 is 38.4 Å². The van der Waals surface area contributed by atoms with E-state index in [4.69, 9.17) is 0 Å². The van der Waals surface area contributed by atoms with Crippen LogP contribution in [-0.4, -0.2) is 18.3 Å². The van der Waals surface area contributed by atoms with Gasteiger partial charge in [-0.05, 0) is 17.5 Å². The molecule has 2 rings (SSSR count). The number of anilines is 1. The van der Waals surface area contributed by atoms with Crippen molar-refractivity contribution < 1.29 is 18.3 Å². The van der Waals surface area contributed by atoms with Gasteiger partial charge in [0, 0.05) is 6.07 Å². The van der Waals surface area contributed by atoms with E-state index < -0.39 is 31.2 Å². The minimum absolute atomic E-state index is 0.0184. The van der Waals surface area contributed by atoms with E-state index in [-0.39, 0.29) is 9.90 Å². The Morgan fingerprint density at radius 1 is 1.10 bits per heavy atom. The second-order valence-corrected chi connectivity index (χ2v) is 6.61. The zero-order chi connectivity index (χ0) is 15.6. The number of nitrogens with zero attached hydrogens (tertiary/aromatic N) is 2. The van der Waals surface area contributed by atoms with Gasteiger partial charge in [-0.3, -0.25) is 25.0 Å². The van der Waals surface area contributed by atoms with Gasteiger partial charge in [0.25, 0.3) is 21.4 Å². The third-order valence-electron chi connectivity index (χ3n) is 2.39. The molecule has 110 valence electrons. The smallest absolute Gasteiger partial charge is 0.272 e. The highest BCUT2D eigenvalue weighted by Gasteiger charge is 2.24. The van der Waals surface area contributed by atoms with Crippen LogP contribution in [0.15, 0.2) is 39.9 Å². The van der Waals surface area contributed by atoms with Gasteiger partial charge in [0.1, 0.15) is 9.90 Å². The normalized spacial score (nSPS) is 11.0. The standard InChI is InChI=1S/C10H7N3O6S2/c14-12(15)7-3-4-8(9(6-7)13(16)17)11-21(18,19)10-2-1-5-20-10/h1-6,11H. The first-order chi connectivity index (χ1) is 9.81. The highest BCUT2D eigenvalue weighted by Crippen LogP contribution is 2.31. The number of thiophene rings is 1. The first kappa shape index (κ1) is 14.9. The van der Waals surface area contributed by atoms with Crippen molar-refractivity contribution in [3.8, 4) is 0 Å². The Balaban J connectivity index is 2.45. The van der Waals surface area contributed by atoms with Gasteiger partial charge in [-0.2, -0.15) is 0 Å². The molecular formula is C10H7N3O6S2. The van der Waals surface area contributed by atoms with Crippen molar-refractivity contribution in [1.82, 2.24) is 0 Å². The molecule has 0 saturated heterocycles. The summed E-state index contributed by atoms with van der Waals surface area (Å²) in [6.45, 7) is 0. The van der Waals surface area contributed by atoms with Crippen LogP contribution in [0.3, 0.4) is 0 Å². The van der Waals surface area contributed by atoms with Crippen LogP contribution in [-0.2, 0) is 10.0 Å². The van der Waals surface area contributed by atoms with Crippen LogP contribution in [0.25, 0.3) is 0 Å². The fraction of sp³-hybridized carbons (Fsp3) is 0. The summed E-state index contributed by atoms with van der Waals surface area (Å²) >= 11 is 0.943. The lowest BCUT2D eigenvalue weighted by molar-refractivity contribution is -0.393. The Morgan fingerprint density at radius 3 is 2.33 bits per heavy atom. The van der Waals surface area contributed by atoms with E-state index in [1.807, 2.05) is 0 Å². The van der Waals surface area contributed by atoms with Gasteiger partial charge in [0.2, 0.25) is 0 Å². The number of sulfonamides is 1. The van der Waals surface area contributed by atoms with Gasteiger partial charge >= 0.3 is 0 Å². The number of benzene rings is 1. The average Bonchev–Trinajstić information content (AvgIpc) is 2.92. The number of non-ortho nitro benzene ring substituents is 1. The molecular weight excluding hydrogens is 322 g/mol. The van der Waals surface area contributed by atoms with Gasteiger partial charge in [0.15, 0.2) is 0 Å². The zero-order valence-electron chi connectivity index (χ0n) is 10.1. The highest BCUT2D eigenvalue weighted by atomic mass is 32.2. The molecule has 2 aromatic rings. The Bertz CT molecular complexity index is 800. The molecule has 0 spiro atoms. The topological polar surface area (TPSA) is 132 Å². The van der Waals surface area contributed by atoms with E-state index in [2.05, 4.69) is 4.72 Å². The second kappa shape index (κ2) is 5.46. The van der Waals surface area contributed by atoms with Crippen LogP contribution in [0, 0.1) is 20.2 Å². The molecule has 11 heteroatoms. The van der Waals surface area contributed by atoms with Crippen LogP contribution >= 0.6 is 11.3 Å². The molecule has 1 heterocycles. The average molecular weight is 329 g/mol. The molecule has 0 unspecified atom stereocenters. The highest BCUT2D eigenvalue weighted by molar-refractivity contribution is 7.94. The zero-order valence-corrected chi connectivity index (χ0v) is 11.8. The maximum absolute atomic E-state index is 12.0. The molecule has 0 bridgehead atoms. The second-order valence-electron chi connectivity index (χ2n) is 3.75. The first-order valence-electron chi connectivity index (χ1n) is 5.30. The molecule has 1 aromatic heterocycles. The number of nitrogens with one attached hydrogen (secondary N) is 1. The van der Waals surface area contributed by atoms with E-state index in [0.29, 0.717) is 6.07 Å². The maximum atomic E-state index is 12.0. The van der Waals surface area contributed by atoms with Crippen molar-refractivity contribution in [2.24, 2.45) is 0 Å². The lowest BCUT2D eigenvalue weighted by atomic mass is 10.2. The number of hydrogen-bond acceptors (Lipinski definition) is 7. The van der Waals surface area contributed by atoms with E-state index in [1.165, 1.54) is 12.1 Å². The molecule has 0 aliphatic rings. The van der Waals surface area contributed by atoms with Crippen LogP contribution in [0.1, 0.15) is 0 Å². The lowest BCUT2D eigenvalue weighted by Crippen LogP contribution is -2.12. The van der Waals surface area contributed by atoms with Crippen LogP contribution in [0.5, 0.6) is 0 Å². The fourth-order valence-corrected chi connectivity index (χ4v) is 3.55. The number of rotatable bonds is 5. The van der Waals surface area contributed by atoms with E-state index in [0.717, 1.165) is 23.5 Å². The SMILES string of the molecule is O=[N+]([O-])c1ccc(NS(=O)(=O)c2cccs2)c([N+](=O)[O-])c1. The predicted molar refractivity (Wildman–Crippen MR) is 74.9 cm³/mol. The molecule has 0 aliphatic carbocycles.